The van der Waals surface area contributed by atoms with Gasteiger partial charge in [0.05, 0.1) is 24.0 Å². The molecule has 1 fully saturated rings. The highest BCUT2D eigenvalue weighted by Crippen LogP contribution is 2.97. The van der Waals surface area contributed by atoms with Crippen molar-refractivity contribution in [2.45, 2.75) is 173 Å². The van der Waals surface area contributed by atoms with Gasteiger partial charge in [-0.15, -0.1) is 0 Å². The van der Waals surface area contributed by atoms with E-state index < -0.39 is 28.2 Å². The second-order valence-electron chi connectivity index (χ2n) is 37.0. The predicted molar refractivity (Wildman–Crippen MR) is 451 cm³/mol. The minimum Gasteiger partial charge on any atom is -0.493 e. The van der Waals surface area contributed by atoms with Gasteiger partial charge in [0.15, 0.2) is 5.41 Å². The van der Waals surface area contributed by atoms with Crippen LogP contribution in [0.1, 0.15) is 181 Å². The molecule has 0 radical (unpaired) electrons. The number of hydrogen-bond donors (Lipinski definition) is 1. The van der Waals surface area contributed by atoms with Crippen molar-refractivity contribution < 1.29 is 28.5 Å². The van der Waals surface area contributed by atoms with Gasteiger partial charge in [-0.2, -0.15) is 0 Å². The Morgan fingerprint density at radius 1 is 0.257 bits per heavy atom. The molecule has 0 bridgehead atoms. The Morgan fingerprint density at radius 2 is 0.459 bits per heavy atom. The number of carbonyl (C=O) groups excluding carboxylic acids is 2. The van der Waals surface area contributed by atoms with Crippen LogP contribution in [0.4, 0.5) is 0 Å². The van der Waals surface area contributed by atoms with E-state index in [9.17, 15) is 0 Å². The largest absolute Gasteiger partial charge is 0.493 e. The number of unbranched alkanes of at least 4 members (excludes halogenated alkanes) is 18. The number of hydrogen-bond acceptors (Lipinski definition) is 7. The maximum atomic E-state index is 18.5. The van der Waals surface area contributed by atoms with E-state index in [0.29, 0.717) is 19.8 Å². The molecule has 0 aromatic heterocycles. The molecular formula is C102H65NO6. The zero-order valence-electron chi connectivity index (χ0n) is 60.7. The Hall–Kier alpha value is -10.6. The average Bonchev–Trinajstić information content (AvgIpc) is 1.36. The molecule has 0 amide bonds. The summed E-state index contributed by atoms with van der Waals surface area (Å²) in [5, 5.41) is 78.7. The minimum atomic E-state index is -1.92. The van der Waals surface area contributed by atoms with E-state index in [4.69, 9.17) is 24.7 Å². The van der Waals surface area contributed by atoms with E-state index in [2.05, 4.69) is 56.3 Å². The highest BCUT2D eigenvalue weighted by molar-refractivity contribution is 6.82. The summed E-state index contributed by atoms with van der Waals surface area (Å²) in [6, 6.07) is 14.5. The van der Waals surface area contributed by atoms with E-state index >= 15 is 9.59 Å². The standard InChI is InChI=1S/C102H65NO6/c1-3-5-7-9-11-13-15-17-19-21-27-106-38-29-37(30-39(31-38)107-28-22-20-18-16-14-12-10-8-6-4-2)34-109-99(105)102(98(104)108-33-36-25-23-35(32-103)24-26-36)100-94-86-78-68-58-50-42-40-41-44-48-46(42)54-62-56(48)66-60-52(44)53-45(41)49-47-43(40)51(50)59-65-55(47)63-57(49)67-61(53)71-70(60)80-74(66)84-76(62)82(72(78)64(54)58)90(94)92(84)96-88(80)89-81(71)75(67)85-77(63)83-73(65)79(69(59)68)87(86)95(100)91(83)93(85)97(89)101(96,100)102/h23-26,29-31H,3-22,27-28,32-34,103H2,1-2H3. The molecule has 0 unspecified atom stereocenters. The van der Waals surface area contributed by atoms with Crippen LogP contribution in [-0.4, -0.2) is 25.2 Å². The molecule has 7 nitrogen and oxygen atoms in total. The first-order valence-electron chi connectivity index (χ1n) is 42.3. The number of benzene rings is 20. The van der Waals surface area contributed by atoms with E-state index in [1.165, 1.54) is 362 Å². The van der Waals surface area contributed by atoms with E-state index in [0.717, 1.165) is 53.9 Å². The first-order valence-corrected chi connectivity index (χ1v) is 42.3. The number of carbonyl (C=O) groups is 2. The van der Waals surface area contributed by atoms with Gasteiger partial charge < -0.3 is 24.7 Å². The minimum absolute atomic E-state index is 0.00197. The van der Waals surface area contributed by atoms with Crippen LogP contribution in [0.5, 0.6) is 11.5 Å². The van der Waals surface area contributed by atoms with Gasteiger partial charge in [0, 0.05) is 12.6 Å². The van der Waals surface area contributed by atoms with Crippen molar-refractivity contribution in [1.82, 2.24) is 0 Å². The first kappa shape index (κ1) is 54.1. The summed E-state index contributed by atoms with van der Waals surface area (Å²) in [6.07, 6.45) is 25.0. The third kappa shape index (κ3) is 4.37. The van der Waals surface area contributed by atoms with Gasteiger partial charge in [0.2, 0.25) is 0 Å². The summed E-state index contributed by atoms with van der Waals surface area (Å²) < 4.78 is 28.6. The topological polar surface area (TPSA) is 97.1 Å². The quantitative estimate of drug-likeness (QED) is 0.0200. The molecule has 5 aliphatic rings. The van der Waals surface area contributed by atoms with E-state index in [-0.39, 0.29) is 13.2 Å². The van der Waals surface area contributed by atoms with Gasteiger partial charge in [-0.1, -0.05) is 154 Å². The first-order chi connectivity index (χ1) is 54.0. The Kier molecular flexibility index (Phi) is 7.90. The molecular weight excluding hydrogens is 1340 g/mol. The molecule has 2 spiro atoms. The lowest BCUT2D eigenvalue weighted by Crippen LogP contribution is -2.38. The summed E-state index contributed by atoms with van der Waals surface area (Å²) in [6.45, 7) is 6.12. The number of ether oxygens (including phenoxy) is 4. The maximum absolute atomic E-state index is 18.5. The van der Waals surface area contributed by atoms with Crippen molar-refractivity contribution in [3.05, 3.63) is 81.4 Å². The van der Waals surface area contributed by atoms with Gasteiger partial charge in [-0.25, -0.2) is 0 Å². The number of nitrogens with two attached hydrogens (primary N) is 1. The van der Waals surface area contributed by atoms with Crippen molar-refractivity contribution in [3.8, 4) is 11.5 Å². The highest BCUT2D eigenvalue weighted by Gasteiger charge is 3.01. The van der Waals surface area contributed by atoms with Crippen molar-refractivity contribution in [3.63, 3.8) is 0 Å². The van der Waals surface area contributed by atoms with Crippen LogP contribution in [0, 0.1) is 5.41 Å². The van der Waals surface area contributed by atoms with Gasteiger partial charge >= 0.3 is 11.9 Å². The molecule has 109 heavy (non-hydrogen) atoms. The molecule has 0 saturated heterocycles. The Morgan fingerprint density at radius 3 is 0.688 bits per heavy atom. The van der Waals surface area contributed by atoms with Crippen molar-refractivity contribution in [2.75, 3.05) is 13.2 Å². The normalized spacial score (nSPS) is 19.7. The molecule has 0 heterocycles. The number of esters is 2. The Balaban J connectivity index is 0.653. The van der Waals surface area contributed by atoms with Gasteiger partial charge in [0.25, 0.3) is 0 Å². The molecule has 30 aromatic carbocycles. The monoisotopic (exact) mass is 1400 g/mol. The summed E-state index contributed by atoms with van der Waals surface area (Å²) in [7, 11) is 0. The number of rotatable bonds is 31. The fraction of sp³-hybridized carbons (Fsp3) is 0.294. The summed E-state index contributed by atoms with van der Waals surface area (Å²) >= 11 is 0. The summed E-state index contributed by atoms with van der Waals surface area (Å²) in [4.78, 5) is 36.7. The molecule has 35 rings (SSSR count). The Labute approximate surface area is 617 Å². The average molecular weight is 1400 g/mol. The van der Waals surface area contributed by atoms with Gasteiger partial charge in [-0.3, -0.25) is 9.59 Å². The highest BCUT2D eigenvalue weighted by atomic mass is 16.6. The maximum Gasteiger partial charge on any atom is 0.326 e. The third-order valence-electron chi connectivity index (χ3n) is 33.5. The van der Waals surface area contributed by atoms with Crippen LogP contribution in [0.2, 0.25) is 0 Å². The fourth-order valence-corrected chi connectivity index (χ4v) is 31.0. The van der Waals surface area contributed by atoms with Crippen LogP contribution < -0.4 is 15.2 Å². The Bertz CT molecular complexity index is 8140. The summed E-state index contributed by atoms with van der Waals surface area (Å²) in [5.74, 6) is 0.513. The van der Waals surface area contributed by atoms with Crippen molar-refractivity contribution in [2.24, 2.45) is 11.1 Å². The van der Waals surface area contributed by atoms with E-state index in [1.807, 2.05) is 0 Å². The molecule has 0 atom stereocenters. The zero-order chi connectivity index (χ0) is 69.5. The lowest BCUT2D eigenvalue weighted by atomic mass is 9.68. The zero-order valence-corrected chi connectivity index (χ0v) is 60.7. The molecule has 2 N–H and O–H groups in total. The summed E-state index contributed by atoms with van der Waals surface area (Å²) in [5.41, 5.74) is 9.47. The van der Waals surface area contributed by atoms with Crippen LogP contribution in [0.3, 0.4) is 0 Å². The second kappa shape index (κ2) is 15.9. The van der Waals surface area contributed by atoms with Gasteiger partial charge in [0.1, 0.15) is 24.7 Å². The lowest BCUT2D eigenvalue weighted by Gasteiger charge is -2.32. The van der Waals surface area contributed by atoms with Crippen LogP contribution in [0.15, 0.2) is 42.5 Å². The second-order valence-corrected chi connectivity index (χ2v) is 37.0. The molecule has 30 aromatic rings. The molecule has 5 aliphatic carbocycles. The molecule has 7 heteroatoms. The predicted octanol–water partition coefficient (Wildman–Crippen LogP) is 26.8. The third-order valence-corrected chi connectivity index (χ3v) is 33.5. The molecule has 514 valence electrons. The van der Waals surface area contributed by atoms with Crippen molar-refractivity contribution in [1.29, 1.82) is 0 Å². The van der Waals surface area contributed by atoms with E-state index in [1.54, 1.807) is 53.9 Å². The van der Waals surface area contributed by atoms with Gasteiger partial charge in [-0.05, 0) is 355 Å². The smallest absolute Gasteiger partial charge is 0.326 e. The fourth-order valence-electron chi connectivity index (χ4n) is 31.0. The SMILES string of the molecule is CCCCCCCCCCCCOc1cc(COC(=O)C2(C(=O)OCc3ccc(CN)cc3)C34c5c6c7c8c9c%10c(c%11c%12c3c3c5c5c%13c6c6c7c7c9c9c%14c%10c%10c%11c%11c%12c%12c3c3c5c5c%13c%13c6c6c7c9c7c9c%14c%10c%10c%11c%11c%12c3c3c5c5c%13c6c7c6c9c%10c%11c3c56)C824)cc(OCCCCCCCCCCCC)c1. The molecule has 0 aliphatic heterocycles. The van der Waals surface area contributed by atoms with Crippen molar-refractivity contribution >= 4 is 303 Å². The lowest BCUT2D eigenvalue weighted by molar-refractivity contribution is -0.168. The van der Waals surface area contributed by atoms with Crippen LogP contribution in [0.25, 0.3) is 291 Å². The van der Waals surface area contributed by atoms with Crippen LogP contribution >= 0.6 is 0 Å². The van der Waals surface area contributed by atoms with Crippen LogP contribution in [-0.2, 0) is 49.7 Å². The molecule has 1 saturated carbocycles.